The van der Waals surface area contributed by atoms with Crippen molar-refractivity contribution in [3.8, 4) is 16.9 Å². The highest BCUT2D eigenvalue weighted by Gasteiger charge is 2.08. The lowest BCUT2D eigenvalue weighted by atomic mass is 10.0. The molecule has 0 bridgehead atoms. The number of methoxy groups -OCH3 is 1. The van der Waals surface area contributed by atoms with Gasteiger partial charge in [-0.25, -0.2) is 0 Å². The Bertz CT molecular complexity index is 896. The summed E-state index contributed by atoms with van der Waals surface area (Å²) in [5.41, 5.74) is 3.68. The molecule has 116 valence electrons. The van der Waals surface area contributed by atoms with E-state index in [0.717, 1.165) is 22.0 Å². The molecule has 3 aromatic rings. The minimum absolute atomic E-state index is 0.258. The van der Waals surface area contributed by atoms with Gasteiger partial charge in [-0.1, -0.05) is 18.7 Å². The van der Waals surface area contributed by atoms with E-state index in [4.69, 9.17) is 4.74 Å². The third-order valence-corrected chi connectivity index (χ3v) is 3.68. The molecule has 0 aliphatic rings. The first-order valence-electron chi connectivity index (χ1n) is 7.15. The highest BCUT2D eigenvalue weighted by atomic mass is 16.5. The zero-order valence-corrected chi connectivity index (χ0v) is 13.0. The number of nitrogens with zero attached hydrogens (tertiary/aromatic N) is 2. The van der Waals surface area contributed by atoms with E-state index in [1.807, 2.05) is 42.2 Å². The number of rotatable bonds is 4. The largest absolute Gasteiger partial charge is 0.497 e. The molecule has 0 atom stereocenters. The number of hydrogen-bond donors (Lipinski definition) is 1. The standard InChI is InChI=1S/C18H17N3O2/c1-4-18(22)20-15-7-14(8-16(10-15)23-3)12-5-6-13-11-19-21(2)17(13)9-12/h4-11H,1H2,2-3H3,(H,20,22). The smallest absolute Gasteiger partial charge is 0.247 e. The normalized spacial score (nSPS) is 10.5. The number of aryl methyl sites for hydroxylation is 1. The molecule has 1 heterocycles. The Labute approximate surface area is 134 Å². The number of amides is 1. The second-order valence-electron chi connectivity index (χ2n) is 5.19. The number of fused-ring (bicyclic) bond motifs is 1. The monoisotopic (exact) mass is 307 g/mol. The van der Waals surface area contributed by atoms with Gasteiger partial charge in [0, 0.05) is 24.2 Å². The van der Waals surface area contributed by atoms with Gasteiger partial charge in [0.2, 0.25) is 5.91 Å². The highest BCUT2D eigenvalue weighted by Crippen LogP contribution is 2.30. The lowest BCUT2D eigenvalue weighted by Gasteiger charge is -2.10. The topological polar surface area (TPSA) is 56.1 Å². The van der Waals surface area contributed by atoms with Gasteiger partial charge in [-0.15, -0.1) is 0 Å². The van der Waals surface area contributed by atoms with Crippen LogP contribution in [0, 0.1) is 0 Å². The fraction of sp³-hybridized carbons (Fsp3) is 0.111. The summed E-state index contributed by atoms with van der Waals surface area (Å²) < 4.78 is 7.17. The van der Waals surface area contributed by atoms with Crippen molar-refractivity contribution in [2.45, 2.75) is 0 Å². The molecular formula is C18H17N3O2. The lowest BCUT2D eigenvalue weighted by molar-refractivity contribution is -0.111. The van der Waals surface area contributed by atoms with Gasteiger partial charge >= 0.3 is 0 Å². The van der Waals surface area contributed by atoms with E-state index in [0.29, 0.717) is 11.4 Å². The van der Waals surface area contributed by atoms with E-state index in [1.165, 1.54) is 6.08 Å². The lowest BCUT2D eigenvalue weighted by Crippen LogP contribution is -2.07. The number of hydrogen-bond acceptors (Lipinski definition) is 3. The number of nitrogens with one attached hydrogen (secondary N) is 1. The van der Waals surface area contributed by atoms with E-state index in [2.05, 4.69) is 23.1 Å². The SMILES string of the molecule is C=CC(=O)Nc1cc(OC)cc(-c2ccc3cnn(C)c3c2)c1. The molecule has 0 radical (unpaired) electrons. The van der Waals surface area contributed by atoms with Gasteiger partial charge in [0.05, 0.1) is 18.8 Å². The Morgan fingerprint density at radius 1 is 1.26 bits per heavy atom. The van der Waals surface area contributed by atoms with Crippen molar-refractivity contribution in [2.24, 2.45) is 7.05 Å². The summed E-state index contributed by atoms with van der Waals surface area (Å²) in [5, 5.41) is 8.10. The van der Waals surface area contributed by atoms with Crippen LogP contribution in [0.25, 0.3) is 22.0 Å². The fourth-order valence-corrected chi connectivity index (χ4v) is 2.47. The van der Waals surface area contributed by atoms with Crippen LogP contribution in [0.5, 0.6) is 5.75 Å². The maximum absolute atomic E-state index is 11.5. The molecule has 0 unspecified atom stereocenters. The minimum Gasteiger partial charge on any atom is -0.497 e. The van der Waals surface area contributed by atoms with Crippen LogP contribution in [0.3, 0.4) is 0 Å². The van der Waals surface area contributed by atoms with Crippen LogP contribution in [0.2, 0.25) is 0 Å². The zero-order chi connectivity index (χ0) is 16.4. The molecule has 5 nitrogen and oxygen atoms in total. The maximum Gasteiger partial charge on any atom is 0.247 e. The van der Waals surface area contributed by atoms with Gasteiger partial charge in [-0.2, -0.15) is 5.10 Å². The first kappa shape index (κ1) is 14.8. The van der Waals surface area contributed by atoms with Gasteiger partial charge < -0.3 is 10.1 Å². The van der Waals surface area contributed by atoms with E-state index >= 15 is 0 Å². The van der Waals surface area contributed by atoms with Crippen molar-refractivity contribution in [1.29, 1.82) is 0 Å². The summed E-state index contributed by atoms with van der Waals surface area (Å²) >= 11 is 0. The third-order valence-electron chi connectivity index (χ3n) is 3.68. The van der Waals surface area contributed by atoms with Gasteiger partial charge in [-0.05, 0) is 35.4 Å². The van der Waals surface area contributed by atoms with Crippen molar-refractivity contribution in [3.05, 3.63) is 55.3 Å². The predicted octanol–water partition coefficient (Wildman–Crippen LogP) is 3.37. The molecule has 1 amide bonds. The number of carbonyl (C=O) groups excluding carboxylic acids is 1. The maximum atomic E-state index is 11.5. The van der Waals surface area contributed by atoms with Crippen molar-refractivity contribution in [3.63, 3.8) is 0 Å². The fourth-order valence-electron chi connectivity index (χ4n) is 2.47. The molecule has 2 aromatic carbocycles. The third kappa shape index (κ3) is 2.94. The van der Waals surface area contributed by atoms with E-state index in [-0.39, 0.29) is 5.91 Å². The summed E-state index contributed by atoms with van der Waals surface area (Å²) in [4.78, 5) is 11.5. The first-order valence-corrected chi connectivity index (χ1v) is 7.15. The quantitative estimate of drug-likeness (QED) is 0.752. The summed E-state index contributed by atoms with van der Waals surface area (Å²) in [6.45, 7) is 3.46. The van der Waals surface area contributed by atoms with Gasteiger partial charge in [0.15, 0.2) is 0 Å². The second kappa shape index (κ2) is 5.96. The molecule has 0 spiro atoms. The molecule has 1 N–H and O–H groups in total. The van der Waals surface area contributed by atoms with E-state index in [1.54, 1.807) is 13.2 Å². The number of aromatic nitrogens is 2. The van der Waals surface area contributed by atoms with Crippen LogP contribution in [-0.2, 0) is 11.8 Å². The molecular weight excluding hydrogens is 290 g/mol. The molecule has 23 heavy (non-hydrogen) atoms. The average molecular weight is 307 g/mol. The van der Waals surface area contributed by atoms with E-state index in [9.17, 15) is 4.79 Å². The van der Waals surface area contributed by atoms with Crippen molar-refractivity contribution in [1.82, 2.24) is 9.78 Å². The average Bonchev–Trinajstić information content (AvgIpc) is 2.95. The number of ether oxygens (including phenoxy) is 1. The number of carbonyl (C=O) groups is 1. The Morgan fingerprint density at radius 3 is 2.83 bits per heavy atom. The molecule has 3 rings (SSSR count). The Kier molecular flexibility index (Phi) is 3.85. The minimum atomic E-state index is -0.258. The van der Waals surface area contributed by atoms with Crippen LogP contribution in [0.4, 0.5) is 5.69 Å². The Morgan fingerprint density at radius 2 is 2.09 bits per heavy atom. The summed E-state index contributed by atoms with van der Waals surface area (Å²) in [7, 11) is 3.51. The van der Waals surface area contributed by atoms with Gasteiger partial charge in [-0.3, -0.25) is 9.48 Å². The molecule has 0 fully saturated rings. The number of anilines is 1. The van der Waals surface area contributed by atoms with Crippen LogP contribution in [0.15, 0.2) is 55.3 Å². The zero-order valence-electron chi connectivity index (χ0n) is 13.0. The Balaban J connectivity index is 2.08. The van der Waals surface area contributed by atoms with Crippen LogP contribution >= 0.6 is 0 Å². The van der Waals surface area contributed by atoms with Crippen molar-refractivity contribution in [2.75, 3.05) is 12.4 Å². The molecule has 0 saturated carbocycles. The summed E-state index contributed by atoms with van der Waals surface area (Å²) in [6.07, 6.45) is 3.07. The summed E-state index contributed by atoms with van der Waals surface area (Å²) in [5.74, 6) is 0.415. The Hall–Kier alpha value is -3.08. The van der Waals surface area contributed by atoms with Crippen LogP contribution in [0.1, 0.15) is 0 Å². The van der Waals surface area contributed by atoms with Crippen molar-refractivity contribution >= 4 is 22.5 Å². The molecule has 0 aliphatic carbocycles. The van der Waals surface area contributed by atoms with Crippen LogP contribution in [-0.4, -0.2) is 22.8 Å². The van der Waals surface area contributed by atoms with Gasteiger partial charge in [0.1, 0.15) is 5.75 Å². The molecule has 0 aliphatic heterocycles. The molecule has 5 heteroatoms. The van der Waals surface area contributed by atoms with E-state index < -0.39 is 0 Å². The van der Waals surface area contributed by atoms with Crippen molar-refractivity contribution < 1.29 is 9.53 Å². The highest BCUT2D eigenvalue weighted by molar-refractivity contribution is 5.99. The summed E-state index contributed by atoms with van der Waals surface area (Å²) in [6, 6.07) is 11.7. The molecule has 1 aromatic heterocycles. The number of benzene rings is 2. The predicted molar refractivity (Wildman–Crippen MR) is 91.5 cm³/mol. The first-order chi connectivity index (χ1) is 11.1. The second-order valence-corrected chi connectivity index (χ2v) is 5.19. The van der Waals surface area contributed by atoms with Gasteiger partial charge in [0.25, 0.3) is 0 Å². The molecule has 0 saturated heterocycles. The van der Waals surface area contributed by atoms with Crippen LogP contribution < -0.4 is 10.1 Å².